The van der Waals surface area contributed by atoms with E-state index in [-0.39, 0.29) is 35.6 Å². The summed E-state index contributed by atoms with van der Waals surface area (Å²) in [6.45, 7) is 0.561. The molecule has 0 bridgehead atoms. The Bertz CT molecular complexity index is 1040. The second kappa shape index (κ2) is 9.75. The zero-order chi connectivity index (χ0) is 22.7. The highest BCUT2D eigenvalue weighted by atomic mass is 32.1. The quantitative estimate of drug-likeness (QED) is 0.566. The molecule has 2 aliphatic rings. The number of benzene rings is 2. The van der Waals surface area contributed by atoms with Crippen LogP contribution in [0.1, 0.15) is 59.0 Å². The number of hydrogen-bond acceptors (Lipinski definition) is 5. The van der Waals surface area contributed by atoms with E-state index < -0.39 is 0 Å². The average Bonchev–Trinajstić information content (AvgIpc) is 3.33. The molecule has 1 saturated carbocycles. The normalized spacial score (nSPS) is 29.6. The number of aliphatic hydroxyl groups excluding tert-OH is 1. The molecule has 1 aliphatic carbocycles. The smallest absolute Gasteiger partial charge is 0.263 e. The molecule has 0 spiro atoms. The van der Waals surface area contributed by atoms with Crippen molar-refractivity contribution in [1.29, 1.82) is 0 Å². The second-order valence-corrected chi connectivity index (χ2v) is 10.2. The summed E-state index contributed by atoms with van der Waals surface area (Å²) in [6, 6.07) is 20.7. The molecule has 1 amide bonds. The van der Waals surface area contributed by atoms with Crippen LogP contribution in [0.4, 0.5) is 0 Å². The van der Waals surface area contributed by atoms with Crippen molar-refractivity contribution in [1.82, 2.24) is 10.3 Å². The van der Waals surface area contributed by atoms with Crippen LogP contribution in [0.3, 0.4) is 0 Å². The zero-order valence-corrected chi connectivity index (χ0v) is 19.4. The number of carbonyl (C=O) groups is 1. The van der Waals surface area contributed by atoms with Gasteiger partial charge in [-0.1, -0.05) is 60.7 Å². The highest BCUT2D eigenvalue weighted by Crippen LogP contribution is 2.46. The van der Waals surface area contributed by atoms with Crippen molar-refractivity contribution in [2.75, 3.05) is 6.54 Å². The minimum absolute atomic E-state index is 0.0155. The highest BCUT2D eigenvalue weighted by Gasteiger charge is 2.44. The molecule has 3 aromatic rings. The van der Waals surface area contributed by atoms with E-state index in [2.05, 4.69) is 46.7 Å². The Labute approximate surface area is 198 Å². The molecule has 172 valence electrons. The molecular weight excluding hydrogens is 432 g/mol. The largest absolute Gasteiger partial charge is 0.393 e. The number of hydrogen-bond donors (Lipinski definition) is 2. The van der Waals surface area contributed by atoms with Crippen molar-refractivity contribution in [2.45, 2.75) is 55.8 Å². The first-order chi connectivity index (χ1) is 16.1. The molecule has 2 heterocycles. The van der Waals surface area contributed by atoms with Crippen molar-refractivity contribution >= 4 is 17.2 Å². The Hall–Kier alpha value is -2.54. The number of fused-ring (bicyclic) bond motifs is 1. The van der Waals surface area contributed by atoms with Crippen LogP contribution in [0.5, 0.6) is 0 Å². The lowest BCUT2D eigenvalue weighted by Crippen LogP contribution is -2.40. The monoisotopic (exact) mass is 462 g/mol. The Morgan fingerprint density at radius 2 is 1.82 bits per heavy atom. The Kier molecular flexibility index (Phi) is 6.58. The molecule has 5 rings (SSSR count). The molecule has 2 N–H and O–H groups in total. The summed E-state index contributed by atoms with van der Waals surface area (Å²) in [5, 5.41) is 14.3. The first-order valence-corrected chi connectivity index (χ1v) is 12.6. The van der Waals surface area contributed by atoms with Crippen molar-refractivity contribution < 1.29 is 14.6 Å². The molecule has 33 heavy (non-hydrogen) atoms. The maximum Gasteiger partial charge on any atom is 0.263 e. The van der Waals surface area contributed by atoms with Crippen LogP contribution in [0.25, 0.3) is 0 Å². The molecule has 2 aromatic carbocycles. The van der Waals surface area contributed by atoms with Gasteiger partial charge >= 0.3 is 0 Å². The summed E-state index contributed by atoms with van der Waals surface area (Å²) in [6.07, 6.45) is 5.34. The molecule has 1 aromatic heterocycles. The lowest BCUT2D eigenvalue weighted by atomic mass is 9.73. The van der Waals surface area contributed by atoms with Gasteiger partial charge in [0.2, 0.25) is 0 Å². The molecule has 2 fully saturated rings. The third kappa shape index (κ3) is 4.74. The molecular formula is C27H30N2O3S. The number of aliphatic hydroxyl groups is 1. The van der Waals surface area contributed by atoms with Gasteiger partial charge in [-0.3, -0.25) is 9.78 Å². The van der Waals surface area contributed by atoms with Gasteiger partial charge in [-0.25, -0.2) is 0 Å². The number of aromatic nitrogens is 1. The van der Waals surface area contributed by atoms with Crippen LogP contribution in [-0.2, 0) is 10.2 Å². The number of nitrogens with one attached hydrogen (secondary N) is 1. The summed E-state index contributed by atoms with van der Waals surface area (Å²) >= 11 is 1.35. The van der Waals surface area contributed by atoms with E-state index in [0.717, 1.165) is 31.2 Å². The molecule has 0 radical (unpaired) electrons. The minimum Gasteiger partial charge on any atom is -0.393 e. The highest BCUT2D eigenvalue weighted by molar-refractivity contribution is 7.11. The summed E-state index contributed by atoms with van der Waals surface area (Å²) in [4.78, 5) is 17.4. The number of carbonyl (C=O) groups excluding carboxylic acids is 1. The van der Waals surface area contributed by atoms with Crippen LogP contribution in [0, 0.1) is 5.92 Å². The minimum atomic E-state index is -0.382. The van der Waals surface area contributed by atoms with Gasteiger partial charge in [0.05, 0.1) is 30.0 Å². The summed E-state index contributed by atoms with van der Waals surface area (Å²) in [5.41, 5.74) is 3.86. The van der Waals surface area contributed by atoms with Gasteiger partial charge in [0, 0.05) is 24.3 Å². The van der Waals surface area contributed by atoms with Crippen LogP contribution >= 0.6 is 11.3 Å². The predicted molar refractivity (Wildman–Crippen MR) is 129 cm³/mol. The van der Waals surface area contributed by atoms with Crippen LogP contribution in [-0.4, -0.2) is 34.8 Å². The van der Waals surface area contributed by atoms with E-state index in [1.165, 1.54) is 16.9 Å². The molecule has 0 unspecified atom stereocenters. The number of thiazole rings is 1. The van der Waals surface area contributed by atoms with Gasteiger partial charge in [0.1, 0.15) is 4.88 Å². The zero-order valence-electron chi connectivity index (χ0n) is 18.6. The number of nitrogens with zero attached hydrogens (tertiary/aromatic N) is 1. The number of rotatable bonds is 5. The van der Waals surface area contributed by atoms with Gasteiger partial charge in [0.15, 0.2) is 0 Å². The van der Waals surface area contributed by atoms with Crippen molar-refractivity contribution in [2.24, 2.45) is 5.92 Å². The fourth-order valence-electron chi connectivity index (χ4n) is 5.56. The Morgan fingerprint density at radius 1 is 1.09 bits per heavy atom. The fraction of sp³-hybridized carbons (Fsp3) is 0.407. The van der Waals surface area contributed by atoms with Crippen molar-refractivity contribution in [3.63, 3.8) is 0 Å². The molecule has 1 saturated heterocycles. The van der Waals surface area contributed by atoms with Crippen LogP contribution < -0.4 is 5.32 Å². The molecule has 5 atom stereocenters. The lowest BCUT2D eigenvalue weighted by Gasteiger charge is -2.39. The lowest BCUT2D eigenvalue weighted by molar-refractivity contribution is -0.139. The second-order valence-electron chi connectivity index (χ2n) is 9.31. The van der Waals surface area contributed by atoms with E-state index in [1.54, 1.807) is 11.7 Å². The Morgan fingerprint density at radius 3 is 2.55 bits per heavy atom. The van der Waals surface area contributed by atoms with Gasteiger partial charge in [-0.2, -0.15) is 0 Å². The van der Waals surface area contributed by atoms with E-state index in [4.69, 9.17) is 4.74 Å². The molecule has 6 heteroatoms. The van der Waals surface area contributed by atoms with Crippen LogP contribution in [0.2, 0.25) is 0 Å². The van der Waals surface area contributed by atoms with Gasteiger partial charge in [0.25, 0.3) is 5.91 Å². The van der Waals surface area contributed by atoms with Gasteiger partial charge in [-0.05, 0) is 36.8 Å². The number of ether oxygens (including phenoxy) is 1. The predicted octanol–water partition coefficient (Wildman–Crippen LogP) is 4.89. The third-order valence-corrected chi connectivity index (χ3v) is 8.20. The summed E-state index contributed by atoms with van der Waals surface area (Å²) in [7, 11) is 0. The topological polar surface area (TPSA) is 71.5 Å². The van der Waals surface area contributed by atoms with E-state index in [0.29, 0.717) is 17.8 Å². The molecule has 1 aliphatic heterocycles. The maximum atomic E-state index is 12.7. The van der Waals surface area contributed by atoms with E-state index >= 15 is 0 Å². The molecule has 5 nitrogen and oxygen atoms in total. The van der Waals surface area contributed by atoms with Gasteiger partial charge in [-0.15, -0.1) is 11.3 Å². The van der Waals surface area contributed by atoms with E-state index in [1.807, 2.05) is 24.3 Å². The van der Waals surface area contributed by atoms with Crippen molar-refractivity contribution in [3.05, 3.63) is 88.4 Å². The standard InChI is InChI=1S/C27H30N2O3S/c30-22-15-24(19-7-3-1-4-8-19)32-23-12-14-27(13-11-21(22)23,20-9-5-2-6-10-20)17-29-26(31)25-16-28-18-33-25/h1-10,16,18,21-24,30H,11-15,17H2,(H,29,31)/t21-,22+,23+,24+,27+/m1/s1. The fourth-order valence-corrected chi connectivity index (χ4v) is 6.10. The summed E-state index contributed by atoms with van der Waals surface area (Å²) in [5.74, 6) is 0.0441. The Balaban J connectivity index is 1.37. The maximum absolute atomic E-state index is 12.7. The van der Waals surface area contributed by atoms with Crippen molar-refractivity contribution in [3.8, 4) is 0 Å². The summed E-state index contributed by atoms with van der Waals surface area (Å²) < 4.78 is 6.59. The first-order valence-electron chi connectivity index (χ1n) is 11.8. The number of amides is 1. The SMILES string of the molecule is O=C(NC[C@]1(c2ccccc2)CC[C@H]2[C@H](CC1)O[C@H](c1ccccc1)C[C@@H]2O)c1cncs1. The average molecular weight is 463 g/mol. The third-order valence-electron chi connectivity index (χ3n) is 7.43. The van der Waals surface area contributed by atoms with Crippen LogP contribution in [0.15, 0.2) is 72.4 Å². The van der Waals surface area contributed by atoms with E-state index in [9.17, 15) is 9.90 Å². The first kappa shape index (κ1) is 22.3. The van der Waals surface area contributed by atoms with Gasteiger partial charge < -0.3 is 15.2 Å².